The Bertz CT molecular complexity index is 304. The van der Waals surface area contributed by atoms with Crippen LogP contribution >= 0.6 is 0 Å². The van der Waals surface area contributed by atoms with E-state index in [1.54, 1.807) is 12.1 Å². The third kappa shape index (κ3) is 2.22. The van der Waals surface area contributed by atoms with Gasteiger partial charge in [0.25, 0.3) is 5.69 Å². The Balaban J connectivity index is 2.87. The van der Waals surface area contributed by atoms with Crippen molar-refractivity contribution in [2.75, 3.05) is 18.0 Å². The average Bonchev–Trinajstić information content (AvgIpc) is 2.20. The first-order chi connectivity index (χ1) is 6.69. The topological polar surface area (TPSA) is 46.4 Å². The normalized spacial score (nSPS) is 9.86. The van der Waals surface area contributed by atoms with Crippen molar-refractivity contribution in [1.29, 1.82) is 0 Å². The second-order valence-corrected chi connectivity index (χ2v) is 2.95. The molecule has 0 unspecified atom stereocenters. The van der Waals surface area contributed by atoms with Crippen LogP contribution in [0.3, 0.4) is 0 Å². The third-order valence-corrected chi connectivity index (χ3v) is 2.19. The zero-order valence-corrected chi connectivity index (χ0v) is 8.43. The fourth-order valence-corrected chi connectivity index (χ4v) is 1.37. The standard InChI is InChI=1S/C10H14N2O2/c1-3-11(4-2)9-5-7-10(8-6-9)12(13)14/h5-8H,3-4H2,1-2H3. The lowest BCUT2D eigenvalue weighted by Crippen LogP contribution is -2.21. The Morgan fingerprint density at radius 1 is 1.21 bits per heavy atom. The predicted octanol–water partition coefficient (Wildman–Crippen LogP) is 2.44. The van der Waals surface area contributed by atoms with Gasteiger partial charge < -0.3 is 4.90 Å². The van der Waals surface area contributed by atoms with Crippen LogP contribution in [0.5, 0.6) is 0 Å². The number of nitro groups is 1. The summed E-state index contributed by atoms with van der Waals surface area (Å²) in [6, 6.07) is 6.64. The van der Waals surface area contributed by atoms with Crippen molar-refractivity contribution in [2.45, 2.75) is 13.8 Å². The molecule has 0 spiro atoms. The van der Waals surface area contributed by atoms with Gasteiger partial charge in [0, 0.05) is 30.9 Å². The third-order valence-electron chi connectivity index (χ3n) is 2.19. The van der Waals surface area contributed by atoms with Crippen molar-refractivity contribution in [2.24, 2.45) is 0 Å². The smallest absolute Gasteiger partial charge is 0.269 e. The van der Waals surface area contributed by atoms with E-state index in [1.165, 1.54) is 12.1 Å². The summed E-state index contributed by atoms with van der Waals surface area (Å²) < 4.78 is 0. The van der Waals surface area contributed by atoms with Crippen molar-refractivity contribution < 1.29 is 4.92 Å². The summed E-state index contributed by atoms with van der Waals surface area (Å²) in [5, 5.41) is 10.4. The molecule has 0 atom stereocenters. The molecule has 0 aliphatic rings. The van der Waals surface area contributed by atoms with Crippen LogP contribution < -0.4 is 4.90 Å². The summed E-state index contributed by atoms with van der Waals surface area (Å²) in [5.74, 6) is 0. The summed E-state index contributed by atoms with van der Waals surface area (Å²) in [5.41, 5.74) is 1.17. The molecule has 0 saturated carbocycles. The highest BCUT2D eigenvalue weighted by atomic mass is 16.6. The fraction of sp³-hybridized carbons (Fsp3) is 0.400. The number of benzene rings is 1. The molecule has 0 aromatic heterocycles. The van der Waals surface area contributed by atoms with Crippen molar-refractivity contribution in [3.63, 3.8) is 0 Å². The molecule has 0 saturated heterocycles. The molecule has 0 fully saturated rings. The molecule has 0 amide bonds. The van der Waals surface area contributed by atoms with Gasteiger partial charge in [0.15, 0.2) is 0 Å². The predicted molar refractivity (Wildman–Crippen MR) is 56.7 cm³/mol. The lowest BCUT2D eigenvalue weighted by Gasteiger charge is -2.20. The number of rotatable bonds is 4. The summed E-state index contributed by atoms with van der Waals surface area (Å²) in [6.07, 6.45) is 0. The summed E-state index contributed by atoms with van der Waals surface area (Å²) in [6.45, 7) is 5.94. The lowest BCUT2D eigenvalue weighted by atomic mass is 10.2. The number of hydrogen-bond acceptors (Lipinski definition) is 3. The van der Waals surface area contributed by atoms with Gasteiger partial charge in [0.05, 0.1) is 4.92 Å². The minimum Gasteiger partial charge on any atom is -0.372 e. The number of non-ortho nitro benzene ring substituents is 1. The van der Waals surface area contributed by atoms with Gasteiger partial charge in [-0.25, -0.2) is 0 Å². The Morgan fingerprint density at radius 3 is 2.07 bits per heavy atom. The molecule has 1 aromatic rings. The van der Waals surface area contributed by atoms with Gasteiger partial charge in [0.1, 0.15) is 0 Å². The molecule has 0 aliphatic heterocycles. The van der Waals surface area contributed by atoms with Crippen LogP contribution in [0.2, 0.25) is 0 Å². The molecule has 1 rings (SSSR count). The Kier molecular flexibility index (Phi) is 3.45. The number of hydrogen-bond donors (Lipinski definition) is 0. The Morgan fingerprint density at radius 2 is 1.71 bits per heavy atom. The Labute approximate surface area is 83.3 Å². The number of nitro benzene ring substituents is 1. The van der Waals surface area contributed by atoms with E-state index >= 15 is 0 Å². The quantitative estimate of drug-likeness (QED) is 0.546. The van der Waals surface area contributed by atoms with E-state index in [4.69, 9.17) is 0 Å². The maximum absolute atomic E-state index is 10.4. The monoisotopic (exact) mass is 194 g/mol. The van der Waals surface area contributed by atoms with Gasteiger partial charge in [-0.15, -0.1) is 0 Å². The Hall–Kier alpha value is -1.58. The molecule has 14 heavy (non-hydrogen) atoms. The molecule has 0 radical (unpaired) electrons. The van der Waals surface area contributed by atoms with E-state index in [9.17, 15) is 10.1 Å². The molecule has 0 heterocycles. The second kappa shape index (κ2) is 4.60. The van der Waals surface area contributed by atoms with Gasteiger partial charge in [-0.1, -0.05) is 0 Å². The zero-order chi connectivity index (χ0) is 10.6. The van der Waals surface area contributed by atoms with Gasteiger partial charge >= 0.3 is 0 Å². The first-order valence-electron chi connectivity index (χ1n) is 4.68. The van der Waals surface area contributed by atoms with Crippen molar-refractivity contribution in [1.82, 2.24) is 0 Å². The highest BCUT2D eigenvalue weighted by molar-refractivity contribution is 5.50. The lowest BCUT2D eigenvalue weighted by molar-refractivity contribution is -0.384. The summed E-state index contributed by atoms with van der Waals surface area (Å²) in [7, 11) is 0. The number of anilines is 1. The van der Waals surface area contributed by atoms with Crippen LogP contribution in [-0.4, -0.2) is 18.0 Å². The van der Waals surface area contributed by atoms with E-state index in [0.29, 0.717) is 0 Å². The molecular weight excluding hydrogens is 180 g/mol. The van der Waals surface area contributed by atoms with Crippen LogP contribution in [0.4, 0.5) is 11.4 Å². The molecule has 0 N–H and O–H groups in total. The fourth-order valence-electron chi connectivity index (χ4n) is 1.37. The molecule has 76 valence electrons. The highest BCUT2D eigenvalue weighted by Crippen LogP contribution is 2.18. The van der Waals surface area contributed by atoms with E-state index in [0.717, 1.165) is 18.8 Å². The van der Waals surface area contributed by atoms with Crippen LogP contribution in [0.25, 0.3) is 0 Å². The van der Waals surface area contributed by atoms with Crippen LogP contribution in [-0.2, 0) is 0 Å². The van der Waals surface area contributed by atoms with Gasteiger partial charge in [0.2, 0.25) is 0 Å². The minimum atomic E-state index is -0.383. The van der Waals surface area contributed by atoms with Crippen LogP contribution in [0, 0.1) is 10.1 Å². The van der Waals surface area contributed by atoms with E-state index in [-0.39, 0.29) is 10.6 Å². The van der Waals surface area contributed by atoms with Gasteiger partial charge in [-0.2, -0.15) is 0 Å². The average molecular weight is 194 g/mol. The first kappa shape index (κ1) is 10.5. The maximum Gasteiger partial charge on any atom is 0.269 e. The highest BCUT2D eigenvalue weighted by Gasteiger charge is 2.06. The molecule has 0 bridgehead atoms. The van der Waals surface area contributed by atoms with Crippen molar-refractivity contribution in [3.8, 4) is 0 Å². The second-order valence-electron chi connectivity index (χ2n) is 2.95. The molecule has 4 heteroatoms. The SMILES string of the molecule is CCN(CC)c1ccc([N+](=O)[O-])cc1. The number of nitrogens with zero attached hydrogens (tertiary/aromatic N) is 2. The van der Waals surface area contributed by atoms with E-state index in [2.05, 4.69) is 18.7 Å². The van der Waals surface area contributed by atoms with Gasteiger partial charge in [-0.05, 0) is 26.0 Å². The minimum absolute atomic E-state index is 0.140. The van der Waals surface area contributed by atoms with E-state index in [1.807, 2.05) is 0 Å². The van der Waals surface area contributed by atoms with Crippen molar-refractivity contribution in [3.05, 3.63) is 34.4 Å². The zero-order valence-electron chi connectivity index (χ0n) is 8.43. The maximum atomic E-state index is 10.4. The van der Waals surface area contributed by atoms with Crippen LogP contribution in [0.15, 0.2) is 24.3 Å². The molecular formula is C10H14N2O2. The molecule has 0 aliphatic carbocycles. The molecule has 1 aromatic carbocycles. The van der Waals surface area contributed by atoms with E-state index < -0.39 is 0 Å². The van der Waals surface area contributed by atoms with Gasteiger partial charge in [-0.3, -0.25) is 10.1 Å². The van der Waals surface area contributed by atoms with Crippen LogP contribution in [0.1, 0.15) is 13.8 Å². The summed E-state index contributed by atoms with van der Waals surface area (Å²) in [4.78, 5) is 12.2. The first-order valence-corrected chi connectivity index (χ1v) is 4.68. The van der Waals surface area contributed by atoms with Crippen molar-refractivity contribution >= 4 is 11.4 Å². The largest absolute Gasteiger partial charge is 0.372 e. The molecule has 4 nitrogen and oxygen atoms in total. The summed E-state index contributed by atoms with van der Waals surface area (Å²) >= 11 is 0.